The molecule has 0 bridgehead atoms. The van der Waals surface area contributed by atoms with E-state index in [4.69, 9.17) is 9.83 Å². The minimum Gasteiger partial charge on any atom is -0.445 e. The number of amidine groups is 1. The molecule has 0 aromatic carbocycles. The first-order valence-corrected chi connectivity index (χ1v) is 13.1. The van der Waals surface area contributed by atoms with Crippen LogP contribution in [0.3, 0.4) is 0 Å². The number of aliphatic imine (C=N–C) groups is 2. The van der Waals surface area contributed by atoms with Gasteiger partial charge in [0.05, 0.1) is 17.6 Å². The first-order chi connectivity index (χ1) is 17.8. The molecule has 2 atom stereocenters. The van der Waals surface area contributed by atoms with Gasteiger partial charge in [0.25, 0.3) is 0 Å². The molecule has 37 heavy (non-hydrogen) atoms. The van der Waals surface area contributed by atoms with E-state index in [2.05, 4.69) is 42.3 Å². The Morgan fingerprint density at radius 3 is 2.73 bits per heavy atom. The predicted octanol–water partition coefficient (Wildman–Crippen LogP) is 3.06. The molecule has 2 rings (SSSR count). The van der Waals surface area contributed by atoms with Gasteiger partial charge in [0.15, 0.2) is 0 Å². The molecule has 1 fully saturated rings. The van der Waals surface area contributed by atoms with Crippen LogP contribution in [0.15, 0.2) is 44.7 Å². The second kappa shape index (κ2) is 16.5. The topological polar surface area (TPSA) is 122 Å². The molecule has 0 radical (unpaired) electrons. The summed E-state index contributed by atoms with van der Waals surface area (Å²) in [5.41, 5.74) is 1.36. The van der Waals surface area contributed by atoms with Crippen LogP contribution in [-0.2, 0) is 4.79 Å². The number of rotatable bonds is 15. The van der Waals surface area contributed by atoms with E-state index in [1.54, 1.807) is 32.6 Å². The van der Waals surface area contributed by atoms with Crippen molar-refractivity contribution in [3.8, 4) is 0 Å². The molecular formula is C27H44N8O2. The van der Waals surface area contributed by atoms with E-state index in [1.807, 2.05) is 26.1 Å². The SMILES string of the molecule is CN=CN=C(CC(C)C(=O)NC)N(C)CCC(C)C(=N)/C(=C\C=C\c1ncco1)NCCN1CCCC1. The third kappa shape index (κ3) is 10.7. The zero-order valence-corrected chi connectivity index (χ0v) is 23.0. The van der Waals surface area contributed by atoms with E-state index >= 15 is 0 Å². The molecule has 3 N–H and O–H groups in total. The molecule has 0 aliphatic carbocycles. The second-order valence-corrected chi connectivity index (χ2v) is 9.45. The fourth-order valence-corrected chi connectivity index (χ4v) is 4.11. The van der Waals surface area contributed by atoms with Gasteiger partial charge in [-0.25, -0.2) is 9.98 Å². The summed E-state index contributed by atoms with van der Waals surface area (Å²) in [5, 5.41) is 15.1. The van der Waals surface area contributed by atoms with Crippen molar-refractivity contribution in [3.63, 3.8) is 0 Å². The van der Waals surface area contributed by atoms with Crippen molar-refractivity contribution in [2.45, 2.75) is 39.5 Å². The minimum absolute atomic E-state index is 0.0144. The van der Waals surface area contributed by atoms with Crippen molar-refractivity contribution in [1.82, 2.24) is 25.4 Å². The normalized spacial score (nSPS) is 16.9. The Morgan fingerprint density at radius 1 is 1.32 bits per heavy atom. The molecule has 2 unspecified atom stereocenters. The highest BCUT2D eigenvalue weighted by Crippen LogP contribution is 2.14. The van der Waals surface area contributed by atoms with Gasteiger partial charge in [0, 0.05) is 65.1 Å². The van der Waals surface area contributed by atoms with Crippen LogP contribution in [0, 0.1) is 17.2 Å². The number of hydrogen-bond donors (Lipinski definition) is 3. The fraction of sp³-hybridized carbons (Fsp3) is 0.593. The Bertz CT molecular complexity index is 946. The number of amides is 1. The van der Waals surface area contributed by atoms with Crippen LogP contribution in [0.2, 0.25) is 0 Å². The summed E-state index contributed by atoms with van der Waals surface area (Å²) in [5.74, 6) is 1.13. The number of nitrogens with zero attached hydrogens (tertiary/aromatic N) is 5. The molecule has 10 nitrogen and oxygen atoms in total. The van der Waals surface area contributed by atoms with E-state index in [1.165, 1.54) is 19.2 Å². The molecule has 1 amide bonds. The summed E-state index contributed by atoms with van der Waals surface area (Å²) < 4.78 is 5.28. The number of oxazole rings is 1. The number of hydrogen-bond acceptors (Lipinski definition) is 7. The van der Waals surface area contributed by atoms with Crippen LogP contribution < -0.4 is 10.6 Å². The van der Waals surface area contributed by atoms with Crippen molar-refractivity contribution in [3.05, 3.63) is 36.2 Å². The summed E-state index contributed by atoms with van der Waals surface area (Å²) in [7, 11) is 5.29. The molecule has 204 valence electrons. The minimum atomic E-state index is -0.197. The average molecular weight is 513 g/mol. The quantitative estimate of drug-likeness (QED) is 0.189. The van der Waals surface area contributed by atoms with Gasteiger partial charge in [-0.3, -0.25) is 9.79 Å². The lowest BCUT2D eigenvalue weighted by atomic mass is 9.98. The lowest BCUT2D eigenvalue weighted by Gasteiger charge is -2.25. The van der Waals surface area contributed by atoms with Gasteiger partial charge in [-0.2, -0.15) is 0 Å². The molecule has 0 spiro atoms. The molecule has 10 heteroatoms. The van der Waals surface area contributed by atoms with Gasteiger partial charge in [-0.05, 0) is 38.4 Å². The summed E-state index contributed by atoms with van der Waals surface area (Å²) in [6.45, 7) is 8.72. The number of allylic oxidation sites excluding steroid dienone is 3. The van der Waals surface area contributed by atoms with Gasteiger partial charge in [-0.15, -0.1) is 0 Å². The highest BCUT2D eigenvalue weighted by atomic mass is 16.3. The number of likely N-dealkylation sites (tertiary alicyclic amines) is 1. The van der Waals surface area contributed by atoms with Crippen LogP contribution in [0.4, 0.5) is 0 Å². The number of carbonyl (C=O) groups excluding carboxylic acids is 1. The fourth-order valence-electron chi connectivity index (χ4n) is 4.11. The van der Waals surface area contributed by atoms with Crippen LogP contribution in [0.1, 0.15) is 45.4 Å². The maximum absolute atomic E-state index is 12.0. The summed E-state index contributed by atoms with van der Waals surface area (Å²) >= 11 is 0. The Labute approximate surface area is 221 Å². The monoisotopic (exact) mass is 512 g/mol. The molecule has 1 aromatic rings. The van der Waals surface area contributed by atoms with Crippen LogP contribution >= 0.6 is 0 Å². The van der Waals surface area contributed by atoms with Gasteiger partial charge >= 0.3 is 0 Å². The number of aromatic nitrogens is 1. The van der Waals surface area contributed by atoms with E-state index in [9.17, 15) is 4.79 Å². The van der Waals surface area contributed by atoms with Crippen LogP contribution in [-0.4, -0.2) is 92.4 Å². The molecule has 2 heterocycles. The molecule has 1 aliphatic heterocycles. The lowest BCUT2D eigenvalue weighted by Crippen LogP contribution is -2.35. The van der Waals surface area contributed by atoms with E-state index < -0.39 is 0 Å². The van der Waals surface area contributed by atoms with Crippen LogP contribution in [0.5, 0.6) is 0 Å². The molecule has 1 aromatic heterocycles. The van der Waals surface area contributed by atoms with Crippen molar-refractivity contribution in [2.75, 3.05) is 53.9 Å². The van der Waals surface area contributed by atoms with Crippen molar-refractivity contribution in [2.24, 2.45) is 21.8 Å². The van der Waals surface area contributed by atoms with Crippen molar-refractivity contribution >= 4 is 29.9 Å². The van der Waals surface area contributed by atoms with Gasteiger partial charge in [-0.1, -0.05) is 19.9 Å². The largest absolute Gasteiger partial charge is 0.445 e. The second-order valence-electron chi connectivity index (χ2n) is 9.45. The maximum atomic E-state index is 12.0. The lowest BCUT2D eigenvalue weighted by molar-refractivity contribution is -0.123. The van der Waals surface area contributed by atoms with Crippen molar-refractivity contribution in [1.29, 1.82) is 5.41 Å². The third-order valence-corrected chi connectivity index (χ3v) is 6.52. The molecule has 0 saturated carbocycles. The average Bonchev–Trinajstić information content (AvgIpc) is 3.62. The first-order valence-electron chi connectivity index (χ1n) is 13.1. The van der Waals surface area contributed by atoms with Crippen LogP contribution in [0.25, 0.3) is 6.08 Å². The third-order valence-electron chi connectivity index (χ3n) is 6.52. The highest BCUT2D eigenvalue weighted by Gasteiger charge is 2.19. The molecular weight excluding hydrogens is 468 g/mol. The predicted molar refractivity (Wildman–Crippen MR) is 151 cm³/mol. The molecule has 1 saturated heterocycles. The Morgan fingerprint density at radius 2 is 2.08 bits per heavy atom. The highest BCUT2D eigenvalue weighted by molar-refractivity contribution is 5.99. The number of carbonyl (C=O) groups is 1. The van der Waals surface area contributed by atoms with E-state index in [0.717, 1.165) is 44.1 Å². The van der Waals surface area contributed by atoms with E-state index in [-0.39, 0.29) is 17.7 Å². The Kier molecular flexibility index (Phi) is 13.3. The Hall–Kier alpha value is -3.27. The van der Waals surface area contributed by atoms with Gasteiger partial charge in [0.2, 0.25) is 11.8 Å². The van der Waals surface area contributed by atoms with Gasteiger partial charge in [0.1, 0.15) is 18.4 Å². The number of nitrogens with one attached hydrogen (secondary N) is 3. The summed E-state index contributed by atoms with van der Waals surface area (Å²) in [6.07, 6.45) is 14.1. The standard InChI is InChI=1S/C27H44N8O2/c1-21(11-16-34(5)24(33-20-29-3)19-22(2)27(36)30-4)26(28)23(9-8-10-25-32-13-18-37-25)31-12-17-35-14-6-7-15-35/h8-10,13,18,20-22,28,31H,6-7,11-12,14-17,19H2,1-5H3,(H,30,36)/b10-8+,23-9+,28-26?,29-20?,33-24?. The summed E-state index contributed by atoms with van der Waals surface area (Å²) in [4.78, 5) is 29.1. The zero-order valence-electron chi connectivity index (χ0n) is 23.0. The zero-order chi connectivity index (χ0) is 27.0. The van der Waals surface area contributed by atoms with Crippen molar-refractivity contribution < 1.29 is 9.21 Å². The molecule has 1 aliphatic rings. The Balaban J connectivity index is 2.01. The van der Waals surface area contributed by atoms with E-state index in [0.29, 0.717) is 24.6 Å². The first kappa shape index (κ1) is 30.0. The van der Waals surface area contributed by atoms with Gasteiger partial charge < -0.3 is 30.3 Å². The summed E-state index contributed by atoms with van der Waals surface area (Å²) in [6, 6.07) is 0. The smallest absolute Gasteiger partial charge is 0.223 e. The maximum Gasteiger partial charge on any atom is 0.223 e.